The summed E-state index contributed by atoms with van der Waals surface area (Å²) in [7, 11) is 0. The van der Waals surface area contributed by atoms with Gasteiger partial charge in [0, 0.05) is 10.5 Å². The van der Waals surface area contributed by atoms with Crippen LogP contribution in [0.15, 0.2) is 35.4 Å². The molecule has 0 atom stereocenters. The van der Waals surface area contributed by atoms with Gasteiger partial charge in [-0.2, -0.15) is 10.5 Å². The third kappa shape index (κ3) is 3.87. The average Bonchev–Trinajstić information content (AvgIpc) is 3.43. The first kappa shape index (κ1) is 21.2. The summed E-state index contributed by atoms with van der Waals surface area (Å²) in [6.07, 6.45) is 8.55. The van der Waals surface area contributed by atoms with Crippen LogP contribution in [-0.2, 0) is 6.42 Å². The van der Waals surface area contributed by atoms with Gasteiger partial charge in [-0.05, 0) is 49.3 Å². The minimum absolute atomic E-state index is 0.338. The number of nitriles is 2. The molecular weight excluding hydrogens is 406 g/mol. The van der Waals surface area contributed by atoms with Gasteiger partial charge in [0.25, 0.3) is 0 Å². The highest BCUT2D eigenvalue weighted by atomic mass is 32.2. The maximum Gasteiger partial charge on any atom is 0.138 e. The number of nitrogens with two attached hydrogens (primary N) is 1. The van der Waals surface area contributed by atoms with Gasteiger partial charge in [-0.15, -0.1) is 11.8 Å². The number of benzene rings is 1. The maximum atomic E-state index is 9.82. The van der Waals surface area contributed by atoms with Crippen molar-refractivity contribution < 1.29 is 4.74 Å². The molecule has 6 nitrogen and oxygen atoms in total. The van der Waals surface area contributed by atoms with E-state index < -0.39 is 0 Å². The van der Waals surface area contributed by atoms with Crippen LogP contribution in [0.2, 0.25) is 0 Å². The summed E-state index contributed by atoms with van der Waals surface area (Å²) in [6.45, 7) is 2.42. The molecule has 1 aromatic carbocycles. The normalized spacial score (nSPS) is 15.0. The number of rotatable bonds is 6. The molecule has 31 heavy (non-hydrogen) atoms. The Morgan fingerprint density at radius 3 is 2.65 bits per heavy atom. The standard InChI is InChI=1S/C24H25N5OS/c1-3-16-6-7-23-28-14-20(29(23)19(16)13-26)17-10-21(18(12-25)22(11-17)31-2)30-15-24(27)8-4-5-9-24/h6-7,10-11,14H,3-5,8-9,15,27H2,1-2H3. The summed E-state index contributed by atoms with van der Waals surface area (Å²) in [6, 6.07) is 12.3. The lowest BCUT2D eigenvalue weighted by Gasteiger charge is -2.24. The highest BCUT2D eigenvalue weighted by molar-refractivity contribution is 7.98. The predicted molar refractivity (Wildman–Crippen MR) is 122 cm³/mol. The molecule has 0 aliphatic heterocycles. The molecule has 4 rings (SSSR count). The quantitative estimate of drug-likeness (QED) is 0.569. The molecule has 1 fully saturated rings. The van der Waals surface area contributed by atoms with E-state index in [1.165, 1.54) is 11.8 Å². The summed E-state index contributed by atoms with van der Waals surface area (Å²) in [5.74, 6) is 0.529. The molecule has 2 aromatic heterocycles. The molecule has 2 N–H and O–H groups in total. The third-order valence-corrected chi connectivity index (χ3v) is 6.81. The molecule has 0 unspecified atom stereocenters. The first-order chi connectivity index (χ1) is 15.0. The number of fused-ring (bicyclic) bond motifs is 1. The summed E-state index contributed by atoms with van der Waals surface area (Å²) in [5, 5.41) is 19.6. The monoisotopic (exact) mass is 431 g/mol. The lowest BCUT2D eigenvalue weighted by Crippen LogP contribution is -2.42. The second-order valence-electron chi connectivity index (χ2n) is 8.03. The van der Waals surface area contributed by atoms with Crippen molar-refractivity contribution in [2.45, 2.75) is 49.5 Å². The Labute approximate surface area is 186 Å². The highest BCUT2D eigenvalue weighted by Crippen LogP contribution is 2.37. The Hall–Kier alpha value is -3.00. The first-order valence-corrected chi connectivity index (χ1v) is 11.7. The minimum atomic E-state index is -0.338. The van der Waals surface area contributed by atoms with Gasteiger partial charge in [-0.25, -0.2) is 4.98 Å². The van der Waals surface area contributed by atoms with Crippen molar-refractivity contribution in [2.24, 2.45) is 5.73 Å². The molecule has 3 aromatic rings. The highest BCUT2D eigenvalue weighted by Gasteiger charge is 2.30. The van der Waals surface area contributed by atoms with Gasteiger partial charge in [0.15, 0.2) is 0 Å². The number of pyridine rings is 1. The van der Waals surface area contributed by atoms with E-state index in [0.717, 1.165) is 53.8 Å². The van der Waals surface area contributed by atoms with Crippen LogP contribution in [0, 0.1) is 22.7 Å². The second-order valence-corrected chi connectivity index (χ2v) is 8.88. The molecule has 0 amide bonds. The van der Waals surface area contributed by atoms with Crippen molar-refractivity contribution in [1.82, 2.24) is 9.38 Å². The fourth-order valence-corrected chi connectivity index (χ4v) is 4.89. The number of hydrogen-bond donors (Lipinski definition) is 1. The summed E-state index contributed by atoms with van der Waals surface area (Å²) in [4.78, 5) is 5.33. The number of imidazole rings is 1. The van der Waals surface area contributed by atoms with Gasteiger partial charge in [-0.3, -0.25) is 4.40 Å². The minimum Gasteiger partial charge on any atom is -0.490 e. The van der Waals surface area contributed by atoms with Crippen molar-refractivity contribution >= 4 is 17.4 Å². The van der Waals surface area contributed by atoms with Crippen molar-refractivity contribution in [1.29, 1.82) is 10.5 Å². The molecule has 1 saturated carbocycles. The van der Waals surface area contributed by atoms with E-state index in [1.54, 1.807) is 6.20 Å². The molecular formula is C24H25N5OS. The first-order valence-electron chi connectivity index (χ1n) is 10.5. The van der Waals surface area contributed by atoms with E-state index in [0.29, 0.717) is 29.3 Å². The summed E-state index contributed by atoms with van der Waals surface area (Å²) in [5.41, 5.74) is 10.6. The van der Waals surface area contributed by atoms with Crippen LogP contribution in [0.3, 0.4) is 0 Å². The van der Waals surface area contributed by atoms with E-state index in [9.17, 15) is 10.5 Å². The number of hydrogen-bond acceptors (Lipinski definition) is 6. The van der Waals surface area contributed by atoms with Gasteiger partial charge >= 0.3 is 0 Å². The molecule has 0 radical (unpaired) electrons. The molecule has 1 aliphatic carbocycles. The lowest BCUT2D eigenvalue weighted by atomic mass is 10.0. The average molecular weight is 432 g/mol. The molecule has 2 heterocycles. The van der Waals surface area contributed by atoms with Gasteiger partial charge in [0.2, 0.25) is 0 Å². The maximum absolute atomic E-state index is 9.82. The summed E-state index contributed by atoms with van der Waals surface area (Å²) >= 11 is 1.50. The molecule has 158 valence electrons. The van der Waals surface area contributed by atoms with Gasteiger partial charge < -0.3 is 10.5 Å². The predicted octanol–water partition coefficient (Wildman–Crippen LogP) is 4.68. The van der Waals surface area contributed by atoms with Crippen LogP contribution in [0.1, 0.15) is 49.4 Å². The molecule has 7 heteroatoms. The van der Waals surface area contributed by atoms with Crippen molar-refractivity contribution in [3.8, 4) is 29.1 Å². The van der Waals surface area contributed by atoms with E-state index in [4.69, 9.17) is 10.5 Å². The van der Waals surface area contributed by atoms with E-state index >= 15 is 0 Å². The zero-order valence-electron chi connectivity index (χ0n) is 17.8. The fourth-order valence-electron chi connectivity index (χ4n) is 4.29. The number of ether oxygens (including phenoxy) is 1. The molecule has 0 spiro atoms. The topological polar surface area (TPSA) is 100 Å². The van der Waals surface area contributed by atoms with Crippen LogP contribution < -0.4 is 10.5 Å². The Morgan fingerprint density at radius 1 is 1.23 bits per heavy atom. The van der Waals surface area contributed by atoms with Crippen LogP contribution >= 0.6 is 11.8 Å². The van der Waals surface area contributed by atoms with Crippen LogP contribution in [0.4, 0.5) is 0 Å². The van der Waals surface area contributed by atoms with Gasteiger partial charge in [0.1, 0.15) is 41.4 Å². The van der Waals surface area contributed by atoms with Gasteiger partial charge in [0.05, 0.1) is 17.4 Å². The van der Waals surface area contributed by atoms with E-state index in [2.05, 4.69) is 17.1 Å². The molecule has 0 bridgehead atoms. The number of aromatic nitrogens is 2. The van der Waals surface area contributed by atoms with Crippen molar-refractivity contribution in [3.05, 3.63) is 47.3 Å². The SMILES string of the molecule is CCc1ccc2ncc(-c3cc(OCC4(N)CCCC4)c(C#N)c(SC)c3)n2c1C#N. The van der Waals surface area contributed by atoms with E-state index in [1.807, 2.05) is 41.8 Å². The Morgan fingerprint density at radius 2 is 2.00 bits per heavy atom. The third-order valence-electron chi connectivity index (χ3n) is 6.05. The Bertz CT molecular complexity index is 1210. The summed E-state index contributed by atoms with van der Waals surface area (Å²) < 4.78 is 8.04. The smallest absolute Gasteiger partial charge is 0.138 e. The Balaban J connectivity index is 1.84. The zero-order chi connectivity index (χ0) is 22.0. The zero-order valence-corrected chi connectivity index (χ0v) is 18.6. The Kier molecular flexibility index (Phi) is 5.91. The molecule has 0 saturated heterocycles. The van der Waals surface area contributed by atoms with Crippen LogP contribution in [0.25, 0.3) is 16.9 Å². The number of thioether (sulfide) groups is 1. The lowest BCUT2D eigenvalue weighted by molar-refractivity contribution is 0.219. The van der Waals surface area contributed by atoms with Crippen LogP contribution in [0.5, 0.6) is 5.75 Å². The number of nitrogens with zero attached hydrogens (tertiary/aromatic N) is 4. The molecule has 1 aliphatic rings. The largest absolute Gasteiger partial charge is 0.490 e. The number of aryl methyl sites for hydroxylation is 1. The fraction of sp³-hybridized carbons (Fsp3) is 0.375. The van der Waals surface area contributed by atoms with E-state index in [-0.39, 0.29) is 5.54 Å². The van der Waals surface area contributed by atoms with Gasteiger partial charge in [-0.1, -0.05) is 25.8 Å². The second kappa shape index (κ2) is 8.63. The van der Waals surface area contributed by atoms with Crippen molar-refractivity contribution in [2.75, 3.05) is 12.9 Å². The van der Waals surface area contributed by atoms with Crippen LogP contribution in [-0.4, -0.2) is 27.8 Å². The van der Waals surface area contributed by atoms with Crippen molar-refractivity contribution in [3.63, 3.8) is 0 Å².